The largest absolute Gasteiger partial charge is 0.493 e. The van der Waals surface area contributed by atoms with E-state index in [-0.39, 0.29) is 11.5 Å². The summed E-state index contributed by atoms with van der Waals surface area (Å²) in [4.78, 5) is 4.85. The number of thiazole rings is 1. The number of hydrogen-bond donors (Lipinski definition) is 1. The van der Waals surface area contributed by atoms with E-state index in [2.05, 4.69) is 15.0 Å². The second-order valence-electron chi connectivity index (χ2n) is 3.68. The Morgan fingerprint density at radius 1 is 1.40 bits per heavy atom. The highest BCUT2D eigenvalue weighted by molar-refractivity contribution is 7.15. The average Bonchev–Trinajstić information content (AvgIpc) is 2.82. The lowest BCUT2D eigenvalue weighted by Crippen LogP contribution is -2.04. The van der Waals surface area contributed by atoms with Crippen molar-refractivity contribution in [1.82, 2.24) is 4.98 Å². The topological polar surface area (TPSA) is 43.4 Å². The molecular weight excluding hydrogens is 310 g/mol. The summed E-state index contributed by atoms with van der Waals surface area (Å²) in [6.07, 6.45) is 1.65. The summed E-state index contributed by atoms with van der Waals surface area (Å²) in [6, 6.07) is 4.72. The molecule has 0 saturated heterocycles. The second-order valence-corrected chi connectivity index (χ2v) is 5.37. The van der Waals surface area contributed by atoms with Gasteiger partial charge >= 0.3 is 6.61 Å². The fourth-order valence-electron chi connectivity index (χ4n) is 1.53. The van der Waals surface area contributed by atoms with E-state index in [9.17, 15) is 8.78 Å². The molecule has 0 radical (unpaired) electrons. The molecule has 1 N–H and O–H groups in total. The number of methoxy groups -OCH3 is 1. The number of alkyl halides is 2. The molecule has 0 bridgehead atoms. The summed E-state index contributed by atoms with van der Waals surface area (Å²) in [5.74, 6) is 0.228. The van der Waals surface area contributed by atoms with Gasteiger partial charge in [-0.3, -0.25) is 0 Å². The molecule has 108 valence electrons. The van der Waals surface area contributed by atoms with Crippen molar-refractivity contribution in [1.29, 1.82) is 0 Å². The zero-order valence-corrected chi connectivity index (χ0v) is 12.0. The molecule has 2 rings (SSSR count). The Morgan fingerprint density at radius 2 is 2.20 bits per heavy atom. The molecule has 1 aromatic carbocycles. The summed E-state index contributed by atoms with van der Waals surface area (Å²) < 4.78 is 34.4. The first kappa shape index (κ1) is 14.8. The molecule has 8 heteroatoms. The number of nitrogens with zero attached hydrogens (tertiary/aromatic N) is 1. The SMILES string of the molecule is COc1ccc(NCc2cnc(Cl)s2)cc1OC(F)F. The molecule has 0 aliphatic carbocycles. The molecule has 0 saturated carbocycles. The van der Waals surface area contributed by atoms with Crippen molar-refractivity contribution >= 4 is 28.6 Å². The normalized spacial score (nSPS) is 10.7. The van der Waals surface area contributed by atoms with E-state index < -0.39 is 6.61 Å². The van der Waals surface area contributed by atoms with Crippen LogP contribution in [0.5, 0.6) is 11.5 Å². The van der Waals surface area contributed by atoms with Crippen molar-refractivity contribution in [2.75, 3.05) is 12.4 Å². The van der Waals surface area contributed by atoms with Crippen LogP contribution in [0.15, 0.2) is 24.4 Å². The molecule has 0 aliphatic heterocycles. The molecule has 0 atom stereocenters. The Hall–Kier alpha value is -1.60. The summed E-state index contributed by atoms with van der Waals surface area (Å²) >= 11 is 7.07. The van der Waals surface area contributed by atoms with E-state index in [1.807, 2.05) is 0 Å². The third-order valence-corrected chi connectivity index (χ3v) is 3.49. The van der Waals surface area contributed by atoms with Gasteiger partial charge in [0.2, 0.25) is 0 Å². The van der Waals surface area contributed by atoms with Crippen LogP contribution in [0.25, 0.3) is 0 Å². The first-order valence-corrected chi connectivity index (χ1v) is 6.75. The van der Waals surface area contributed by atoms with Gasteiger partial charge in [-0.2, -0.15) is 8.78 Å². The van der Waals surface area contributed by atoms with Gasteiger partial charge in [-0.25, -0.2) is 4.98 Å². The molecule has 4 nitrogen and oxygen atoms in total. The molecule has 0 aliphatic rings. The molecule has 20 heavy (non-hydrogen) atoms. The first-order valence-electron chi connectivity index (χ1n) is 5.55. The number of hydrogen-bond acceptors (Lipinski definition) is 5. The second kappa shape index (κ2) is 6.71. The smallest absolute Gasteiger partial charge is 0.387 e. The van der Waals surface area contributed by atoms with Crippen LogP contribution >= 0.6 is 22.9 Å². The van der Waals surface area contributed by atoms with Crippen molar-refractivity contribution in [3.63, 3.8) is 0 Å². The van der Waals surface area contributed by atoms with Crippen LogP contribution in [-0.2, 0) is 6.54 Å². The van der Waals surface area contributed by atoms with Gasteiger partial charge < -0.3 is 14.8 Å². The minimum Gasteiger partial charge on any atom is -0.493 e. The van der Waals surface area contributed by atoms with Crippen molar-refractivity contribution in [3.8, 4) is 11.5 Å². The monoisotopic (exact) mass is 320 g/mol. The fraction of sp³-hybridized carbons (Fsp3) is 0.250. The number of ether oxygens (including phenoxy) is 2. The van der Waals surface area contributed by atoms with Crippen molar-refractivity contribution < 1.29 is 18.3 Å². The van der Waals surface area contributed by atoms with Gasteiger partial charge in [-0.05, 0) is 12.1 Å². The van der Waals surface area contributed by atoms with Gasteiger partial charge in [0, 0.05) is 22.8 Å². The molecule has 1 aromatic heterocycles. The summed E-state index contributed by atoms with van der Waals surface area (Å²) in [7, 11) is 1.39. The maximum absolute atomic E-state index is 12.3. The van der Waals surface area contributed by atoms with Crippen LogP contribution in [0, 0.1) is 0 Å². The highest BCUT2D eigenvalue weighted by Gasteiger charge is 2.11. The Kier molecular flexibility index (Phi) is 4.97. The van der Waals surface area contributed by atoms with Crippen LogP contribution < -0.4 is 14.8 Å². The minimum atomic E-state index is -2.90. The Bertz CT molecular complexity index is 580. The Labute approximate surface area is 123 Å². The van der Waals surface area contributed by atoms with E-state index in [1.54, 1.807) is 18.3 Å². The minimum absolute atomic E-state index is 0.0187. The fourth-order valence-corrected chi connectivity index (χ4v) is 2.45. The van der Waals surface area contributed by atoms with E-state index in [0.29, 0.717) is 16.7 Å². The quantitative estimate of drug-likeness (QED) is 0.873. The van der Waals surface area contributed by atoms with Gasteiger partial charge in [0.1, 0.15) is 0 Å². The zero-order chi connectivity index (χ0) is 14.5. The number of rotatable bonds is 6. The standard InChI is InChI=1S/C12H11ClF2N2O2S/c1-18-9-3-2-7(4-10(9)19-12(14)15)16-5-8-6-17-11(13)20-8/h2-4,6,12,16H,5H2,1H3. The Balaban J connectivity index is 2.07. The molecule has 0 amide bonds. The molecule has 1 heterocycles. The molecule has 0 spiro atoms. The number of benzene rings is 1. The number of aromatic nitrogens is 1. The average molecular weight is 321 g/mol. The number of halogens is 3. The Morgan fingerprint density at radius 3 is 2.80 bits per heavy atom. The lowest BCUT2D eigenvalue weighted by molar-refractivity contribution is -0.0511. The van der Waals surface area contributed by atoms with E-state index in [4.69, 9.17) is 16.3 Å². The highest BCUT2D eigenvalue weighted by atomic mass is 35.5. The van der Waals surface area contributed by atoms with Crippen LogP contribution in [0.2, 0.25) is 4.47 Å². The molecule has 0 unspecified atom stereocenters. The lowest BCUT2D eigenvalue weighted by atomic mass is 10.2. The number of nitrogens with one attached hydrogen (secondary N) is 1. The van der Waals surface area contributed by atoms with E-state index in [1.165, 1.54) is 24.5 Å². The zero-order valence-electron chi connectivity index (χ0n) is 10.4. The molecule has 0 fully saturated rings. The lowest BCUT2D eigenvalue weighted by Gasteiger charge is -2.12. The van der Waals surface area contributed by atoms with Crippen molar-refractivity contribution in [2.45, 2.75) is 13.2 Å². The summed E-state index contributed by atoms with van der Waals surface area (Å²) in [6.45, 7) is -2.41. The maximum Gasteiger partial charge on any atom is 0.387 e. The van der Waals surface area contributed by atoms with E-state index >= 15 is 0 Å². The van der Waals surface area contributed by atoms with Crippen LogP contribution in [0.4, 0.5) is 14.5 Å². The van der Waals surface area contributed by atoms with E-state index in [0.717, 1.165) is 4.88 Å². The first-order chi connectivity index (χ1) is 9.58. The van der Waals surface area contributed by atoms with Crippen molar-refractivity contribution in [2.24, 2.45) is 0 Å². The molecule has 2 aromatic rings. The predicted molar refractivity (Wildman–Crippen MR) is 74.1 cm³/mol. The summed E-state index contributed by atoms with van der Waals surface area (Å²) in [5.41, 5.74) is 0.631. The van der Waals surface area contributed by atoms with Gasteiger partial charge in [-0.1, -0.05) is 11.6 Å². The summed E-state index contributed by atoms with van der Waals surface area (Å²) in [5, 5.41) is 3.07. The van der Waals surface area contributed by atoms with Crippen LogP contribution in [0.3, 0.4) is 0 Å². The van der Waals surface area contributed by atoms with Crippen LogP contribution in [0.1, 0.15) is 4.88 Å². The molecular formula is C12H11ClF2N2O2S. The van der Waals surface area contributed by atoms with Gasteiger partial charge in [0.15, 0.2) is 16.0 Å². The number of anilines is 1. The third-order valence-electron chi connectivity index (χ3n) is 2.37. The maximum atomic E-state index is 12.3. The van der Waals surface area contributed by atoms with Gasteiger partial charge in [0.25, 0.3) is 0 Å². The highest BCUT2D eigenvalue weighted by Crippen LogP contribution is 2.31. The van der Waals surface area contributed by atoms with Crippen LogP contribution in [-0.4, -0.2) is 18.7 Å². The third kappa shape index (κ3) is 3.94. The van der Waals surface area contributed by atoms with Gasteiger partial charge in [-0.15, -0.1) is 11.3 Å². The predicted octanol–water partition coefficient (Wildman–Crippen LogP) is 4.02. The van der Waals surface area contributed by atoms with Gasteiger partial charge in [0.05, 0.1) is 13.7 Å². The van der Waals surface area contributed by atoms with Crippen molar-refractivity contribution in [3.05, 3.63) is 33.7 Å².